The first-order valence-electron chi connectivity index (χ1n) is 14.4. The Bertz CT molecular complexity index is 1890. The maximum Gasteiger partial charge on any atom is 0.323 e. The zero-order valence-corrected chi connectivity index (χ0v) is 26.4. The third kappa shape index (κ3) is 6.21. The summed E-state index contributed by atoms with van der Waals surface area (Å²) in [6.45, 7) is 8.22. The van der Waals surface area contributed by atoms with E-state index in [2.05, 4.69) is 60.5 Å². The fourth-order valence-electron chi connectivity index (χ4n) is 5.78. The summed E-state index contributed by atoms with van der Waals surface area (Å²) in [5.41, 5.74) is 7.18. The Labute approximate surface area is 261 Å². The average Bonchev–Trinajstić information content (AvgIpc) is 3.54. The number of ether oxygens (including phenoxy) is 1. The van der Waals surface area contributed by atoms with Crippen LogP contribution in [0.2, 0.25) is 0 Å². The van der Waals surface area contributed by atoms with Gasteiger partial charge >= 0.3 is 4.87 Å². The van der Waals surface area contributed by atoms with Crippen molar-refractivity contribution in [3.05, 3.63) is 115 Å². The van der Waals surface area contributed by atoms with Gasteiger partial charge in [-0.15, -0.1) is 12.4 Å². The van der Waals surface area contributed by atoms with Crippen LogP contribution in [0, 0.1) is 6.92 Å². The molecule has 0 radical (unpaired) electrons. The molecule has 0 fully saturated rings. The van der Waals surface area contributed by atoms with Gasteiger partial charge in [0, 0.05) is 41.1 Å². The second kappa shape index (κ2) is 12.3. The predicted molar refractivity (Wildman–Crippen MR) is 175 cm³/mol. The Morgan fingerprint density at radius 3 is 2.47 bits per heavy atom. The second-order valence-corrected chi connectivity index (χ2v) is 12.3. The summed E-state index contributed by atoms with van der Waals surface area (Å²) < 4.78 is 12.1. The van der Waals surface area contributed by atoms with Crippen LogP contribution in [0.15, 0.2) is 76.3 Å². The molecule has 1 N–H and O–H groups in total. The Morgan fingerprint density at radius 2 is 1.77 bits per heavy atom. The minimum atomic E-state index is -0.251. The molecule has 5 aromatic rings. The minimum absolute atomic E-state index is 0. The summed E-state index contributed by atoms with van der Waals surface area (Å²) in [7, 11) is 0. The molecule has 0 saturated heterocycles. The number of unbranched alkanes of at least 4 members (excludes halogenated alkanes) is 1. The van der Waals surface area contributed by atoms with Gasteiger partial charge in [-0.1, -0.05) is 61.9 Å². The van der Waals surface area contributed by atoms with E-state index in [1.807, 2.05) is 43.3 Å². The molecule has 9 heteroatoms. The third-order valence-corrected chi connectivity index (χ3v) is 8.31. The van der Waals surface area contributed by atoms with Crippen molar-refractivity contribution in [2.45, 2.75) is 65.4 Å². The maximum absolute atomic E-state index is 14.2. The molecule has 0 atom stereocenters. The number of nitrogens with one attached hydrogen (secondary N) is 1. The summed E-state index contributed by atoms with van der Waals surface area (Å²) in [4.78, 5) is 33.5. The van der Waals surface area contributed by atoms with Crippen LogP contribution in [0.1, 0.15) is 61.8 Å². The van der Waals surface area contributed by atoms with Gasteiger partial charge in [-0.3, -0.25) is 19.1 Å². The number of aromatic amines is 1. The molecule has 2 aromatic heterocycles. The first-order chi connectivity index (χ1) is 20.2. The average molecular weight is 615 g/mol. The SMILES string of the molecule is CCCCc1nc(C)n(-c2ccc3c(c2)CC(C)(C)O3)c(=O)c1Cc1ccc(-c2ccccc2-c2nsc(=O)[nH]2)cc1.Cl. The van der Waals surface area contributed by atoms with Gasteiger partial charge in [0.15, 0.2) is 5.82 Å². The first-order valence-corrected chi connectivity index (χ1v) is 15.2. The van der Waals surface area contributed by atoms with E-state index < -0.39 is 0 Å². The van der Waals surface area contributed by atoms with E-state index in [1.54, 1.807) is 4.57 Å². The molecule has 0 unspecified atom stereocenters. The second-order valence-electron chi connectivity index (χ2n) is 11.5. The quantitative estimate of drug-likeness (QED) is 0.202. The molecule has 1 aliphatic heterocycles. The van der Waals surface area contributed by atoms with Crippen LogP contribution in [0.5, 0.6) is 5.75 Å². The van der Waals surface area contributed by atoms with Crippen LogP contribution < -0.4 is 15.2 Å². The standard InChI is InChI=1S/C34H34N4O3S.ClH/c1-5-6-11-29-28(32(39)38(21(2)35-29)25-16-17-30-24(19-25)20-34(3,4)41-30)18-22-12-14-23(15-13-22)26-9-7-8-10-27(26)31-36-33(40)42-37-31;/h7-10,12-17,19H,5-6,11,18,20H2,1-4H3,(H,36,37,40);1H. The Hall–Kier alpha value is -4.01. The number of fused-ring (bicyclic) bond motifs is 1. The summed E-state index contributed by atoms with van der Waals surface area (Å²) in [6.07, 6.45) is 4.07. The molecule has 222 valence electrons. The van der Waals surface area contributed by atoms with E-state index >= 15 is 0 Å². The van der Waals surface area contributed by atoms with Crippen LogP contribution in [-0.4, -0.2) is 24.5 Å². The molecular formula is C34H35ClN4O3S. The number of rotatable bonds is 8. The number of aryl methyl sites for hydroxylation is 2. The minimum Gasteiger partial charge on any atom is -0.487 e. The largest absolute Gasteiger partial charge is 0.487 e. The number of hydrogen-bond acceptors (Lipinski definition) is 6. The monoisotopic (exact) mass is 614 g/mol. The van der Waals surface area contributed by atoms with E-state index in [4.69, 9.17) is 9.72 Å². The predicted octanol–water partition coefficient (Wildman–Crippen LogP) is 7.09. The lowest BCUT2D eigenvalue weighted by molar-refractivity contribution is 0.138. The molecular weight excluding hydrogens is 580 g/mol. The number of nitrogens with zero attached hydrogens (tertiary/aromatic N) is 3. The summed E-state index contributed by atoms with van der Waals surface area (Å²) in [6, 6.07) is 22.1. The lowest BCUT2D eigenvalue weighted by atomic mass is 9.96. The van der Waals surface area contributed by atoms with E-state index in [-0.39, 0.29) is 28.4 Å². The highest BCUT2D eigenvalue weighted by Gasteiger charge is 2.30. The molecule has 0 aliphatic carbocycles. The van der Waals surface area contributed by atoms with Crippen molar-refractivity contribution in [1.29, 1.82) is 0 Å². The highest BCUT2D eigenvalue weighted by molar-refractivity contribution is 7.03. The number of aromatic nitrogens is 4. The van der Waals surface area contributed by atoms with Crippen LogP contribution in [0.4, 0.5) is 0 Å². The number of halogens is 1. The lowest BCUT2D eigenvalue weighted by Crippen LogP contribution is -2.28. The Balaban J connectivity index is 0.00000368. The van der Waals surface area contributed by atoms with Gasteiger partial charge in [-0.05, 0) is 68.5 Å². The maximum atomic E-state index is 14.2. The Morgan fingerprint density at radius 1 is 1.02 bits per heavy atom. The van der Waals surface area contributed by atoms with Crippen LogP contribution >= 0.6 is 23.9 Å². The molecule has 0 amide bonds. The number of H-pyrrole nitrogens is 1. The van der Waals surface area contributed by atoms with Gasteiger partial charge in [0.05, 0.1) is 11.4 Å². The highest BCUT2D eigenvalue weighted by Crippen LogP contribution is 2.36. The fraction of sp³-hybridized carbons (Fsp3) is 0.294. The van der Waals surface area contributed by atoms with Crippen LogP contribution in [0.3, 0.4) is 0 Å². The Kier molecular flexibility index (Phi) is 8.71. The number of benzene rings is 3. The van der Waals surface area contributed by atoms with E-state index in [9.17, 15) is 9.59 Å². The van der Waals surface area contributed by atoms with Crippen LogP contribution in [0.25, 0.3) is 28.2 Å². The molecule has 0 saturated carbocycles. The smallest absolute Gasteiger partial charge is 0.323 e. The third-order valence-electron chi connectivity index (χ3n) is 7.77. The fourth-order valence-corrected chi connectivity index (χ4v) is 6.24. The summed E-state index contributed by atoms with van der Waals surface area (Å²) in [5, 5.41) is 0. The van der Waals surface area contributed by atoms with Crippen molar-refractivity contribution in [2.24, 2.45) is 0 Å². The van der Waals surface area contributed by atoms with Gasteiger partial charge in [-0.2, -0.15) is 4.37 Å². The zero-order chi connectivity index (χ0) is 29.4. The normalized spacial score (nSPS) is 13.3. The molecule has 3 heterocycles. The van der Waals surface area contributed by atoms with E-state index in [0.29, 0.717) is 18.1 Å². The number of hydrogen-bond donors (Lipinski definition) is 1. The van der Waals surface area contributed by atoms with Crippen molar-refractivity contribution >= 4 is 23.9 Å². The lowest BCUT2D eigenvalue weighted by Gasteiger charge is -2.17. The molecule has 43 heavy (non-hydrogen) atoms. The van der Waals surface area contributed by atoms with Crippen molar-refractivity contribution in [1.82, 2.24) is 18.9 Å². The topological polar surface area (TPSA) is 89.9 Å². The van der Waals surface area contributed by atoms with E-state index in [0.717, 1.165) is 87.7 Å². The molecule has 7 nitrogen and oxygen atoms in total. The van der Waals surface area contributed by atoms with Crippen molar-refractivity contribution < 1.29 is 4.74 Å². The molecule has 0 spiro atoms. The summed E-state index contributed by atoms with van der Waals surface area (Å²) >= 11 is 0.916. The van der Waals surface area contributed by atoms with Gasteiger partial charge in [-0.25, -0.2) is 4.98 Å². The van der Waals surface area contributed by atoms with Crippen LogP contribution in [-0.2, 0) is 19.3 Å². The molecule has 6 rings (SSSR count). The molecule has 3 aromatic carbocycles. The van der Waals surface area contributed by atoms with Gasteiger partial charge < -0.3 is 4.74 Å². The molecule has 0 bridgehead atoms. The molecule has 1 aliphatic rings. The van der Waals surface area contributed by atoms with Crippen molar-refractivity contribution in [2.75, 3.05) is 0 Å². The van der Waals surface area contributed by atoms with Gasteiger partial charge in [0.2, 0.25) is 0 Å². The summed E-state index contributed by atoms with van der Waals surface area (Å²) in [5.74, 6) is 2.14. The van der Waals surface area contributed by atoms with Crippen molar-refractivity contribution in [3.8, 4) is 34.0 Å². The van der Waals surface area contributed by atoms with Gasteiger partial charge in [0.25, 0.3) is 5.56 Å². The highest BCUT2D eigenvalue weighted by atomic mass is 35.5. The van der Waals surface area contributed by atoms with Crippen molar-refractivity contribution in [3.63, 3.8) is 0 Å². The first kappa shape index (κ1) is 30.4. The van der Waals surface area contributed by atoms with Gasteiger partial charge in [0.1, 0.15) is 17.2 Å². The zero-order valence-electron chi connectivity index (χ0n) is 24.8. The van der Waals surface area contributed by atoms with E-state index in [1.165, 1.54) is 0 Å².